The summed E-state index contributed by atoms with van der Waals surface area (Å²) in [6.45, 7) is 0.391. The first kappa shape index (κ1) is 15.9. The van der Waals surface area contributed by atoms with Crippen molar-refractivity contribution in [2.75, 3.05) is 6.54 Å². The lowest BCUT2D eigenvalue weighted by Crippen LogP contribution is -2.56. The van der Waals surface area contributed by atoms with Crippen molar-refractivity contribution in [2.24, 2.45) is 0 Å². The first-order valence-electron chi connectivity index (χ1n) is 7.34. The van der Waals surface area contributed by atoms with E-state index in [1.165, 1.54) is 12.4 Å². The van der Waals surface area contributed by atoms with Crippen molar-refractivity contribution in [1.82, 2.24) is 29.8 Å². The van der Waals surface area contributed by atoms with Gasteiger partial charge in [0.15, 0.2) is 0 Å². The second-order valence-electron chi connectivity index (χ2n) is 5.54. The molecule has 1 aliphatic rings. The molecule has 10 heteroatoms. The van der Waals surface area contributed by atoms with Crippen LogP contribution in [0.3, 0.4) is 0 Å². The second kappa shape index (κ2) is 7.09. The van der Waals surface area contributed by atoms with Crippen LogP contribution in [0.1, 0.15) is 51.4 Å². The largest absolute Gasteiger partial charge is 0.349 e. The lowest BCUT2D eigenvalue weighted by molar-refractivity contribution is 0.0837. The van der Waals surface area contributed by atoms with Gasteiger partial charge in [-0.1, -0.05) is 28.2 Å². The van der Waals surface area contributed by atoms with Crippen molar-refractivity contribution in [3.05, 3.63) is 22.1 Å². The fraction of sp³-hybridized carbons (Fsp3) is 0.538. The summed E-state index contributed by atoms with van der Waals surface area (Å²) in [6, 6.07) is 0. The molecule has 0 aliphatic heterocycles. The van der Waals surface area contributed by atoms with Gasteiger partial charge in [0.1, 0.15) is 9.75 Å². The fourth-order valence-electron chi connectivity index (χ4n) is 2.75. The van der Waals surface area contributed by atoms with Crippen molar-refractivity contribution in [2.45, 2.75) is 37.6 Å². The van der Waals surface area contributed by atoms with Crippen LogP contribution in [0.4, 0.5) is 0 Å². The molecule has 2 heterocycles. The molecule has 23 heavy (non-hydrogen) atoms. The Hall–Kier alpha value is -1.94. The standard InChI is InChI=1S/C13H16N6O2S2/c20-11(9-6-15-18-22-9)14-8-13(4-2-1-3-5-13)17-12(21)10-7-16-19-23-10/h6-7H,1-5,8H2,(H,14,20)(H,17,21). The van der Waals surface area contributed by atoms with Crippen LogP contribution in [0.2, 0.25) is 0 Å². The van der Waals surface area contributed by atoms with Crippen molar-refractivity contribution in [1.29, 1.82) is 0 Å². The van der Waals surface area contributed by atoms with Gasteiger partial charge in [0.2, 0.25) is 0 Å². The molecule has 0 atom stereocenters. The van der Waals surface area contributed by atoms with E-state index < -0.39 is 5.54 Å². The van der Waals surface area contributed by atoms with Crippen molar-refractivity contribution in [3.8, 4) is 0 Å². The molecule has 2 amide bonds. The third kappa shape index (κ3) is 3.88. The molecule has 1 saturated carbocycles. The number of aromatic nitrogens is 4. The van der Waals surface area contributed by atoms with E-state index in [1.54, 1.807) is 0 Å². The van der Waals surface area contributed by atoms with Gasteiger partial charge in [-0.15, -0.1) is 10.2 Å². The van der Waals surface area contributed by atoms with Crippen LogP contribution in [0.5, 0.6) is 0 Å². The highest BCUT2D eigenvalue weighted by Gasteiger charge is 2.34. The molecular formula is C13H16N6O2S2. The Balaban J connectivity index is 1.66. The van der Waals surface area contributed by atoms with Gasteiger partial charge in [-0.2, -0.15) is 0 Å². The van der Waals surface area contributed by atoms with Crippen molar-refractivity contribution in [3.63, 3.8) is 0 Å². The van der Waals surface area contributed by atoms with Crippen LogP contribution in [0, 0.1) is 0 Å². The minimum absolute atomic E-state index is 0.185. The number of hydrogen-bond acceptors (Lipinski definition) is 8. The SMILES string of the molecule is O=C(NCC1(NC(=O)c2cnns2)CCCCC1)c1cnns1. The maximum Gasteiger partial charge on any atom is 0.265 e. The van der Waals surface area contributed by atoms with E-state index in [4.69, 9.17) is 0 Å². The Labute approximate surface area is 141 Å². The lowest BCUT2D eigenvalue weighted by Gasteiger charge is -2.38. The van der Waals surface area contributed by atoms with Gasteiger partial charge >= 0.3 is 0 Å². The molecule has 2 aromatic rings. The van der Waals surface area contributed by atoms with Crippen molar-refractivity contribution < 1.29 is 9.59 Å². The minimum atomic E-state index is -0.424. The monoisotopic (exact) mass is 352 g/mol. The maximum absolute atomic E-state index is 12.3. The summed E-state index contributed by atoms with van der Waals surface area (Å²) in [5, 5.41) is 13.3. The highest BCUT2D eigenvalue weighted by Crippen LogP contribution is 2.28. The Kier molecular flexibility index (Phi) is 4.91. The molecule has 8 nitrogen and oxygen atoms in total. The lowest BCUT2D eigenvalue weighted by atomic mass is 9.81. The van der Waals surface area contributed by atoms with Gasteiger partial charge in [0, 0.05) is 6.54 Å². The van der Waals surface area contributed by atoms with Crippen LogP contribution >= 0.6 is 23.1 Å². The van der Waals surface area contributed by atoms with Crippen LogP contribution in [-0.4, -0.2) is 43.1 Å². The zero-order valence-electron chi connectivity index (χ0n) is 12.3. The summed E-state index contributed by atoms with van der Waals surface area (Å²) >= 11 is 2.12. The number of nitrogens with one attached hydrogen (secondary N) is 2. The molecule has 2 aromatic heterocycles. The maximum atomic E-state index is 12.3. The first-order valence-corrected chi connectivity index (χ1v) is 8.89. The third-order valence-corrected chi connectivity index (χ3v) is 5.27. The fourth-order valence-corrected chi connectivity index (χ4v) is 3.59. The number of nitrogens with zero attached hydrogens (tertiary/aromatic N) is 4. The summed E-state index contributed by atoms with van der Waals surface area (Å²) in [7, 11) is 0. The number of hydrogen-bond donors (Lipinski definition) is 2. The van der Waals surface area contributed by atoms with E-state index in [2.05, 4.69) is 29.8 Å². The van der Waals surface area contributed by atoms with Crippen LogP contribution in [0.25, 0.3) is 0 Å². The topological polar surface area (TPSA) is 110 Å². The van der Waals surface area contributed by atoms with E-state index in [0.717, 1.165) is 55.2 Å². The predicted octanol–water partition coefficient (Wildman–Crippen LogP) is 1.25. The van der Waals surface area contributed by atoms with Crippen molar-refractivity contribution >= 4 is 34.9 Å². The number of rotatable bonds is 5. The molecule has 0 aromatic carbocycles. The zero-order chi connectivity index (χ0) is 16.1. The zero-order valence-corrected chi connectivity index (χ0v) is 14.0. The summed E-state index contributed by atoms with van der Waals surface area (Å²) in [4.78, 5) is 25.4. The molecule has 3 rings (SSSR count). The third-order valence-electron chi connectivity index (χ3n) is 3.95. The molecule has 0 bridgehead atoms. The summed E-state index contributed by atoms with van der Waals surface area (Å²) < 4.78 is 7.40. The van der Waals surface area contributed by atoms with Crippen LogP contribution < -0.4 is 10.6 Å². The quantitative estimate of drug-likeness (QED) is 0.838. The summed E-state index contributed by atoms with van der Waals surface area (Å²) in [6.07, 6.45) is 7.77. The second-order valence-corrected chi connectivity index (χ2v) is 7.11. The highest BCUT2D eigenvalue weighted by molar-refractivity contribution is 7.08. The van der Waals surface area contributed by atoms with Gasteiger partial charge in [0.25, 0.3) is 11.8 Å². The molecule has 0 spiro atoms. The van der Waals surface area contributed by atoms with Gasteiger partial charge in [-0.3, -0.25) is 9.59 Å². The van der Waals surface area contributed by atoms with E-state index >= 15 is 0 Å². The molecular weight excluding hydrogens is 336 g/mol. The average Bonchev–Trinajstić information content (AvgIpc) is 3.26. The Bertz CT molecular complexity index is 652. The highest BCUT2D eigenvalue weighted by atomic mass is 32.1. The van der Waals surface area contributed by atoms with Crippen LogP contribution in [-0.2, 0) is 0 Å². The average molecular weight is 352 g/mol. The molecule has 0 saturated heterocycles. The van der Waals surface area contributed by atoms with E-state index in [9.17, 15) is 9.59 Å². The Morgan fingerprint density at radius 3 is 2.17 bits per heavy atom. The molecule has 0 unspecified atom stereocenters. The summed E-state index contributed by atoms with van der Waals surface area (Å²) in [5.74, 6) is -0.394. The van der Waals surface area contributed by atoms with Gasteiger partial charge in [-0.25, -0.2) is 0 Å². The smallest absolute Gasteiger partial charge is 0.265 e. The number of carbonyl (C=O) groups is 2. The first-order chi connectivity index (χ1) is 11.2. The van der Waals surface area contributed by atoms with E-state index in [-0.39, 0.29) is 11.8 Å². The van der Waals surface area contributed by atoms with Crippen LogP contribution in [0.15, 0.2) is 12.4 Å². The normalized spacial score (nSPS) is 16.7. The Morgan fingerprint density at radius 2 is 1.61 bits per heavy atom. The summed E-state index contributed by atoms with van der Waals surface area (Å²) in [5.41, 5.74) is -0.424. The van der Waals surface area contributed by atoms with Gasteiger partial charge in [-0.05, 0) is 35.9 Å². The number of carbonyl (C=O) groups excluding carboxylic acids is 2. The Morgan fingerprint density at radius 1 is 1.00 bits per heavy atom. The van der Waals surface area contributed by atoms with E-state index in [1.807, 2.05) is 0 Å². The predicted molar refractivity (Wildman–Crippen MR) is 85.4 cm³/mol. The van der Waals surface area contributed by atoms with E-state index in [0.29, 0.717) is 16.3 Å². The molecule has 1 fully saturated rings. The molecule has 122 valence electrons. The van der Waals surface area contributed by atoms with Gasteiger partial charge in [0.05, 0.1) is 17.9 Å². The van der Waals surface area contributed by atoms with Gasteiger partial charge < -0.3 is 10.6 Å². The minimum Gasteiger partial charge on any atom is -0.349 e. The molecule has 2 N–H and O–H groups in total. The molecule has 1 aliphatic carbocycles. The number of amides is 2. The molecule has 0 radical (unpaired) electrons.